The first-order chi connectivity index (χ1) is 14.2. The number of nitrogens with one attached hydrogen (secondary N) is 1. The third-order valence-electron chi connectivity index (χ3n) is 5.17. The average Bonchev–Trinajstić information content (AvgIpc) is 2.69. The Kier molecular flexibility index (Phi) is 6.59. The van der Waals surface area contributed by atoms with Crippen LogP contribution in [0.15, 0.2) is 36.1 Å². The second-order valence-corrected chi connectivity index (χ2v) is 8.26. The summed E-state index contributed by atoms with van der Waals surface area (Å²) in [4.78, 5) is 34.1. The smallest absolute Gasteiger partial charge is 0.309 e. The number of hydrogen-bond acceptors (Lipinski definition) is 7. The van der Waals surface area contributed by atoms with Crippen LogP contribution in [0.1, 0.15) is 46.0 Å². The normalized spacial score (nSPS) is 19.5. The van der Waals surface area contributed by atoms with Crippen LogP contribution >= 0.6 is 0 Å². The zero-order valence-electron chi connectivity index (χ0n) is 17.3. The number of amides is 1. The van der Waals surface area contributed by atoms with Gasteiger partial charge in [-0.3, -0.25) is 14.6 Å². The molecule has 1 saturated heterocycles. The van der Waals surface area contributed by atoms with E-state index in [1.54, 1.807) is 6.20 Å². The Morgan fingerprint density at radius 3 is 2.90 bits per heavy atom. The van der Waals surface area contributed by atoms with E-state index in [0.29, 0.717) is 24.5 Å². The van der Waals surface area contributed by atoms with Gasteiger partial charge in [0.05, 0.1) is 24.4 Å². The number of rotatable bonds is 7. The van der Waals surface area contributed by atoms with E-state index in [9.17, 15) is 19.8 Å². The molecule has 9 heteroatoms. The summed E-state index contributed by atoms with van der Waals surface area (Å²) in [6, 6.07) is 0. The highest BCUT2D eigenvalue weighted by molar-refractivity contribution is 5.93. The van der Waals surface area contributed by atoms with Crippen molar-refractivity contribution >= 4 is 23.5 Å². The van der Waals surface area contributed by atoms with Crippen LogP contribution in [-0.4, -0.2) is 51.3 Å². The predicted octanol–water partition coefficient (Wildman–Crippen LogP) is 3.02. The summed E-state index contributed by atoms with van der Waals surface area (Å²) in [6.45, 7) is 4.36. The van der Waals surface area contributed by atoms with Crippen molar-refractivity contribution in [3.8, 4) is 0 Å². The maximum absolute atomic E-state index is 12.2. The number of carbonyl (C=O) groups excluding carboxylic acids is 1. The molecule has 30 heavy (non-hydrogen) atoms. The molecule has 1 aromatic rings. The van der Waals surface area contributed by atoms with Crippen molar-refractivity contribution in [3.05, 3.63) is 36.1 Å². The number of carboxylic acids is 1. The standard InChI is InChI=1S/C21H28N4O5/c1-21(2,20(28)29)10-19(27)24-17-11-22-12-18(23-17)25-9-5-6-14(13-25)30-16-8-4-3-7-15(16)26/h4,8,11-12,14,26H,3,5-7,9-10,13H2,1-2H3,(H,28,29)(H,23,24,27). The maximum Gasteiger partial charge on any atom is 0.309 e. The topological polar surface area (TPSA) is 125 Å². The van der Waals surface area contributed by atoms with Crippen LogP contribution in [0.3, 0.4) is 0 Å². The zero-order valence-corrected chi connectivity index (χ0v) is 17.3. The molecule has 0 aromatic carbocycles. The first kappa shape index (κ1) is 21.6. The Balaban J connectivity index is 1.63. The van der Waals surface area contributed by atoms with Crippen molar-refractivity contribution < 1.29 is 24.5 Å². The number of hydrogen-bond donors (Lipinski definition) is 3. The minimum absolute atomic E-state index is 0.0879. The molecular formula is C21H28N4O5. The number of anilines is 2. The van der Waals surface area contributed by atoms with E-state index in [1.165, 1.54) is 20.0 Å². The van der Waals surface area contributed by atoms with Gasteiger partial charge in [-0.2, -0.15) is 0 Å². The van der Waals surface area contributed by atoms with Crippen molar-refractivity contribution in [1.82, 2.24) is 9.97 Å². The monoisotopic (exact) mass is 416 g/mol. The van der Waals surface area contributed by atoms with Crippen LogP contribution in [-0.2, 0) is 14.3 Å². The number of aliphatic hydroxyl groups is 1. The Hall–Kier alpha value is -3.10. The molecular weight excluding hydrogens is 388 g/mol. The van der Waals surface area contributed by atoms with Crippen molar-refractivity contribution in [3.63, 3.8) is 0 Å². The zero-order chi connectivity index (χ0) is 21.7. The van der Waals surface area contributed by atoms with Crippen LogP contribution in [0.25, 0.3) is 0 Å². The summed E-state index contributed by atoms with van der Waals surface area (Å²) in [5.74, 6) is 0.226. The molecule has 0 radical (unpaired) electrons. The van der Waals surface area contributed by atoms with Crippen molar-refractivity contribution in [2.45, 2.75) is 52.1 Å². The minimum Gasteiger partial charge on any atom is -0.508 e. The van der Waals surface area contributed by atoms with Gasteiger partial charge < -0.3 is 25.2 Å². The average molecular weight is 416 g/mol. The quantitative estimate of drug-likeness (QED) is 0.619. The van der Waals surface area contributed by atoms with Gasteiger partial charge in [0, 0.05) is 19.4 Å². The number of nitrogens with zero attached hydrogens (tertiary/aromatic N) is 3. The highest BCUT2D eigenvalue weighted by Gasteiger charge is 2.30. The molecule has 3 rings (SSSR count). The Bertz CT molecular complexity index is 865. The van der Waals surface area contributed by atoms with Gasteiger partial charge in [-0.15, -0.1) is 0 Å². The number of carboxylic acid groups (broad SMARTS) is 1. The third kappa shape index (κ3) is 5.49. The highest BCUT2D eigenvalue weighted by Crippen LogP contribution is 2.25. The number of aliphatic hydroxyl groups excluding tert-OH is 1. The van der Waals surface area contributed by atoms with Gasteiger partial charge in [0.25, 0.3) is 0 Å². The Morgan fingerprint density at radius 1 is 1.37 bits per heavy atom. The van der Waals surface area contributed by atoms with Crippen LogP contribution in [0.2, 0.25) is 0 Å². The fourth-order valence-corrected chi connectivity index (χ4v) is 3.39. The Labute approximate surface area is 175 Å². The van der Waals surface area contributed by atoms with Gasteiger partial charge in [0.2, 0.25) is 5.91 Å². The largest absolute Gasteiger partial charge is 0.508 e. The molecule has 3 N–H and O–H groups in total. The van der Waals surface area contributed by atoms with Gasteiger partial charge in [-0.25, -0.2) is 4.98 Å². The molecule has 1 aliphatic heterocycles. The first-order valence-corrected chi connectivity index (χ1v) is 10.1. The van der Waals surface area contributed by atoms with Crippen molar-refractivity contribution in [2.75, 3.05) is 23.3 Å². The molecule has 1 unspecified atom stereocenters. The SMILES string of the molecule is CC(C)(CC(=O)Nc1cncc(N2CCCC(OC3=C(O)CCC=C3)C2)n1)C(=O)O. The number of carbonyl (C=O) groups is 2. The van der Waals surface area contributed by atoms with E-state index >= 15 is 0 Å². The second kappa shape index (κ2) is 9.15. The van der Waals surface area contributed by atoms with Crippen molar-refractivity contribution in [2.24, 2.45) is 5.41 Å². The Morgan fingerprint density at radius 2 is 2.17 bits per heavy atom. The van der Waals surface area contributed by atoms with Crippen LogP contribution in [0.4, 0.5) is 11.6 Å². The van der Waals surface area contributed by atoms with Crippen LogP contribution < -0.4 is 10.2 Å². The highest BCUT2D eigenvalue weighted by atomic mass is 16.5. The summed E-state index contributed by atoms with van der Waals surface area (Å²) < 4.78 is 6.00. The van der Waals surface area contributed by atoms with E-state index < -0.39 is 17.3 Å². The van der Waals surface area contributed by atoms with Crippen molar-refractivity contribution in [1.29, 1.82) is 0 Å². The van der Waals surface area contributed by atoms with Crippen LogP contribution in [0.5, 0.6) is 0 Å². The van der Waals surface area contributed by atoms with Gasteiger partial charge >= 0.3 is 5.97 Å². The van der Waals surface area contributed by atoms with Gasteiger partial charge in [-0.1, -0.05) is 6.08 Å². The van der Waals surface area contributed by atoms with Gasteiger partial charge in [0.1, 0.15) is 17.7 Å². The van der Waals surface area contributed by atoms with E-state index in [0.717, 1.165) is 25.8 Å². The summed E-state index contributed by atoms with van der Waals surface area (Å²) in [6.07, 6.45) is 9.77. The molecule has 1 atom stereocenters. The van der Waals surface area contributed by atoms with E-state index in [-0.39, 0.29) is 24.1 Å². The number of aromatic nitrogens is 2. The first-order valence-electron chi connectivity index (χ1n) is 10.1. The molecule has 0 saturated carbocycles. The van der Waals surface area contributed by atoms with E-state index in [1.807, 2.05) is 17.1 Å². The second-order valence-electron chi connectivity index (χ2n) is 8.26. The number of piperidine rings is 1. The molecule has 2 aliphatic rings. The molecule has 1 aromatic heterocycles. The summed E-state index contributed by atoms with van der Waals surface area (Å²) in [5.41, 5.74) is -1.17. The molecule has 2 heterocycles. The third-order valence-corrected chi connectivity index (χ3v) is 5.17. The summed E-state index contributed by atoms with van der Waals surface area (Å²) >= 11 is 0. The number of aliphatic carboxylic acids is 1. The maximum atomic E-state index is 12.2. The molecule has 1 amide bonds. The molecule has 1 aliphatic carbocycles. The fraction of sp³-hybridized carbons (Fsp3) is 0.524. The number of ether oxygens (including phenoxy) is 1. The van der Waals surface area contributed by atoms with Gasteiger partial charge in [-0.05, 0) is 39.2 Å². The van der Waals surface area contributed by atoms with Crippen LogP contribution in [0, 0.1) is 5.41 Å². The minimum atomic E-state index is -1.17. The molecule has 9 nitrogen and oxygen atoms in total. The summed E-state index contributed by atoms with van der Waals surface area (Å²) in [5, 5.41) is 21.8. The lowest BCUT2D eigenvalue weighted by molar-refractivity contribution is -0.148. The van der Waals surface area contributed by atoms with E-state index in [2.05, 4.69) is 15.3 Å². The van der Waals surface area contributed by atoms with Gasteiger partial charge in [0.15, 0.2) is 11.6 Å². The van der Waals surface area contributed by atoms with E-state index in [4.69, 9.17) is 4.74 Å². The summed E-state index contributed by atoms with van der Waals surface area (Å²) in [7, 11) is 0. The fourth-order valence-electron chi connectivity index (χ4n) is 3.39. The predicted molar refractivity (Wildman–Crippen MR) is 111 cm³/mol. The molecule has 0 spiro atoms. The lowest BCUT2D eigenvalue weighted by atomic mass is 9.89. The lowest BCUT2D eigenvalue weighted by Crippen LogP contribution is -2.40. The molecule has 1 fully saturated rings. The number of allylic oxidation sites excluding steroid dienone is 3. The lowest BCUT2D eigenvalue weighted by Gasteiger charge is -2.34. The molecule has 0 bridgehead atoms. The molecule has 162 valence electrons.